The van der Waals surface area contributed by atoms with Gasteiger partial charge in [0.2, 0.25) is 5.91 Å². The number of rotatable bonds is 9. The van der Waals surface area contributed by atoms with E-state index in [1.54, 1.807) is 30.3 Å². The summed E-state index contributed by atoms with van der Waals surface area (Å²) in [5.74, 6) is -0.854. The topological polar surface area (TPSA) is 108 Å². The molecule has 3 aromatic carbocycles. The molecule has 1 aliphatic rings. The number of anilines is 1. The first kappa shape index (κ1) is 28.4. The molecule has 4 N–H and O–H groups in total. The molecule has 0 spiro atoms. The molecule has 202 valence electrons. The summed E-state index contributed by atoms with van der Waals surface area (Å²) in [6, 6.07) is 20.2. The summed E-state index contributed by atoms with van der Waals surface area (Å²) < 4.78 is 11.5. The summed E-state index contributed by atoms with van der Waals surface area (Å²) >= 11 is 7.90. The van der Waals surface area contributed by atoms with Gasteiger partial charge in [-0.25, -0.2) is 0 Å². The molecule has 1 fully saturated rings. The van der Waals surface area contributed by atoms with Gasteiger partial charge in [-0.3, -0.25) is 4.79 Å². The van der Waals surface area contributed by atoms with Crippen LogP contribution in [0.15, 0.2) is 71.6 Å². The number of carbonyl (C=O) groups is 1. The molecule has 38 heavy (non-hydrogen) atoms. The second-order valence-electron chi connectivity index (χ2n) is 9.28. The van der Waals surface area contributed by atoms with Crippen molar-refractivity contribution < 1.29 is 29.6 Å². The number of aliphatic hydroxyl groups excluding tert-OH is 2. The summed E-state index contributed by atoms with van der Waals surface area (Å²) in [7, 11) is 0. The zero-order chi connectivity index (χ0) is 27.3. The van der Waals surface area contributed by atoms with Crippen LogP contribution in [-0.4, -0.2) is 51.9 Å². The lowest BCUT2D eigenvalue weighted by Crippen LogP contribution is -2.54. The number of halogens is 1. The minimum atomic E-state index is -1.79. The van der Waals surface area contributed by atoms with E-state index in [9.17, 15) is 20.1 Å². The minimum Gasteiger partial charge on any atom is -0.494 e. The van der Waals surface area contributed by atoms with Crippen molar-refractivity contribution in [1.82, 2.24) is 0 Å². The van der Waals surface area contributed by atoms with Crippen LogP contribution in [0.1, 0.15) is 37.0 Å². The summed E-state index contributed by atoms with van der Waals surface area (Å²) in [4.78, 5) is 12.1. The van der Waals surface area contributed by atoms with Gasteiger partial charge < -0.3 is 30.1 Å². The SMILES string of the molecule is CCOc1ccc(Cc2cc([C@]3(O)C[C@@H](O)[C@H](O)[C@@H](CSc4ccc(NC(C)=O)cc4)O3)ccc2Cl)cc1. The third-order valence-corrected chi connectivity index (χ3v) is 7.79. The number of thioether (sulfide) groups is 1. The number of ether oxygens (including phenoxy) is 2. The average Bonchev–Trinajstić information content (AvgIpc) is 2.88. The normalized spacial score (nSPS) is 23.2. The number of amides is 1. The minimum absolute atomic E-state index is 0.151. The van der Waals surface area contributed by atoms with E-state index in [2.05, 4.69) is 5.32 Å². The molecule has 4 rings (SSSR count). The zero-order valence-electron chi connectivity index (χ0n) is 21.3. The molecular formula is C29H32ClNO6S. The lowest BCUT2D eigenvalue weighted by Gasteiger charge is -2.42. The van der Waals surface area contributed by atoms with Crippen molar-refractivity contribution in [2.45, 2.75) is 55.7 Å². The molecule has 3 aromatic rings. The van der Waals surface area contributed by atoms with Gasteiger partial charge in [-0.15, -0.1) is 11.8 Å². The van der Waals surface area contributed by atoms with Crippen LogP contribution in [0.3, 0.4) is 0 Å². The summed E-state index contributed by atoms with van der Waals surface area (Å²) in [6.45, 7) is 3.97. The third kappa shape index (κ3) is 7.08. The van der Waals surface area contributed by atoms with E-state index < -0.39 is 24.1 Å². The van der Waals surface area contributed by atoms with E-state index in [1.807, 2.05) is 43.3 Å². The van der Waals surface area contributed by atoms with Gasteiger partial charge in [-0.05, 0) is 73.0 Å². The van der Waals surface area contributed by atoms with Crippen molar-refractivity contribution in [3.63, 3.8) is 0 Å². The van der Waals surface area contributed by atoms with Gasteiger partial charge in [0.15, 0.2) is 5.79 Å². The Morgan fingerprint density at radius 2 is 1.84 bits per heavy atom. The molecule has 1 aliphatic heterocycles. The van der Waals surface area contributed by atoms with Crippen LogP contribution in [0.5, 0.6) is 5.75 Å². The maximum atomic E-state index is 11.5. The predicted octanol–water partition coefficient (Wildman–Crippen LogP) is 4.74. The van der Waals surface area contributed by atoms with Crippen LogP contribution in [-0.2, 0) is 21.7 Å². The highest BCUT2D eigenvalue weighted by atomic mass is 35.5. The Bertz CT molecular complexity index is 1240. The van der Waals surface area contributed by atoms with Gasteiger partial charge in [-0.1, -0.05) is 29.8 Å². The summed E-state index contributed by atoms with van der Waals surface area (Å²) in [5, 5.41) is 36.0. The molecule has 1 amide bonds. The molecule has 7 nitrogen and oxygen atoms in total. The largest absolute Gasteiger partial charge is 0.494 e. The molecule has 1 saturated heterocycles. The van der Waals surface area contributed by atoms with E-state index in [1.165, 1.54) is 18.7 Å². The van der Waals surface area contributed by atoms with Gasteiger partial charge in [0.1, 0.15) is 11.9 Å². The molecule has 1 heterocycles. The van der Waals surface area contributed by atoms with Crippen molar-refractivity contribution in [1.29, 1.82) is 0 Å². The van der Waals surface area contributed by atoms with E-state index >= 15 is 0 Å². The Morgan fingerprint density at radius 3 is 2.50 bits per heavy atom. The molecule has 9 heteroatoms. The molecule has 0 radical (unpaired) electrons. The molecular weight excluding hydrogens is 526 g/mol. The molecule has 0 bridgehead atoms. The van der Waals surface area contributed by atoms with Gasteiger partial charge in [0.25, 0.3) is 0 Å². The fraction of sp³-hybridized carbons (Fsp3) is 0.345. The highest BCUT2D eigenvalue weighted by molar-refractivity contribution is 7.99. The predicted molar refractivity (Wildman–Crippen MR) is 149 cm³/mol. The Labute approximate surface area is 231 Å². The maximum absolute atomic E-state index is 11.5. The quantitative estimate of drug-likeness (QED) is 0.282. The van der Waals surface area contributed by atoms with Gasteiger partial charge >= 0.3 is 0 Å². The Kier molecular flexibility index (Phi) is 9.36. The number of benzene rings is 3. The first-order valence-electron chi connectivity index (χ1n) is 12.4. The fourth-order valence-electron chi connectivity index (χ4n) is 4.40. The molecule has 0 unspecified atom stereocenters. The molecule has 0 aromatic heterocycles. The number of nitrogens with one attached hydrogen (secondary N) is 1. The van der Waals surface area contributed by atoms with Crippen molar-refractivity contribution in [3.8, 4) is 5.75 Å². The molecule has 4 atom stereocenters. The van der Waals surface area contributed by atoms with Crippen molar-refractivity contribution in [3.05, 3.63) is 88.4 Å². The highest BCUT2D eigenvalue weighted by Crippen LogP contribution is 2.39. The first-order valence-corrected chi connectivity index (χ1v) is 13.8. The number of aliphatic hydroxyl groups is 3. The summed E-state index contributed by atoms with van der Waals surface area (Å²) in [5.41, 5.74) is 2.97. The van der Waals surface area contributed by atoms with Crippen LogP contribution < -0.4 is 10.1 Å². The molecule has 0 aliphatic carbocycles. The van der Waals surface area contributed by atoms with Crippen LogP contribution in [0.2, 0.25) is 5.02 Å². The molecule has 0 saturated carbocycles. The fourth-order valence-corrected chi connectivity index (χ4v) is 5.53. The van der Waals surface area contributed by atoms with E-state index in [-0.39, 0.29) is 12.3 Å². The van der Waals surface area contributed by atoms with Crippen LogP contribution >= 0.6 is 23.4 Å². The average molecular weight is 558 g/mol. The number of hydrogen-bond donors (Lipinski definition) is 4. The first-order chi connectivity index (χ1) is 18.2. The Morgan fingerprint density at radius 1 is 1.13 bits per heavy atom. The Hall–Kier alpha value is -2.59. The Balaban J connectivity index is 1.47. The van der Waals surface area contributed by atoms with Crippen molar-refractivity contribution in [2.75, 3.05) is 17.7 Å². The lowest BCUT2D eigenvalue weighted by molar-refractivity contribution is -0.303. The summed E-state index contributed by atoms with van der Waals surface area (Å²) in [6.07, 6.45) is -2.79. The highest BCUT2D eigenvalue weighted by Gasteiger charge is 2.46. The monoisotopic (exact) mass is 557 g/mol. The van der Waals surface area contributed by atoms with Gasteiger partial charge in [0.05, 0.1) is 18.8 Å². The van der Waals surface area contributed by atoms with Gasteiger partial charge in [0, 0.05) is 40.3 Å². The second kappa shape index (κ2) is 12.5. The smallest absolute Gasteiger partial charge is 0.221 e. The third-order valence-electron chi connectivity index (χ3n) is 6.32. The van der Waals surface area contributed by atoms with Crippen LogP contribution in [0.4, 0.5) is 5.69 Å². The van der Waals surface area contributed by atoms with Crippen molar-refractivity contribution >= 4 is 35.0 Å². The van der Waals surface area contributed by atoms with Gasteiger partial charge in [-0.2, -0.15) is 0 Å². The number of carbonyl (C=O) groups excluding carboxylic acids is 1. The van der Waals surface area contributed by atoms with E-state index in [4.69, 9.17) is 21.1 Å². The van der Waals surface area contributed by atoms with E-state index in [0.717, 1.165) is 21.8 Å². The number of hydrogen-bond acceptors (Lipinski definition) is 7. The zero-order valence-corrected chi connectivity index (χ0v) is 22.8. The lowest BCUT2D eigenvalue weighted by atomic mass is 9.90. The van der Waals surface area contributed by atoms with Crippen LogP contribution in [0, 0.1) is 0 Å². The second-order valence-corrected chi connectivity index (χ2v) is 10.8. The standard InChI is InChI=1S/C29H32ClNO6S/c1-3-36-23-9-4-19(5-10-23)14-20-15-21(6-13-25(20)30)29(35)16-26(33)28(34)27(37-29)17-38-24-11-7-22(8-12-24)31-18(2)32/h4-13,15,26-28,33-35H,3,14,16-17H2,1-2H3,(H,31,32)/t26-,27-,28+,29+/m1/s1. The van der Waals surface area contributed by atoms with E-state index in [0.29, 0.717) is 35.1 Å². The maximum Gasteiger partial charge on any atom is 0.221 e. The van der Waals surface area contributed by atoms with Crippen LogP contribution in [0.25, 0.3) is 0 Å². The van der Waals surface area contributed by atoms with Crippen molar-refractivity contribution in [2.24, 2.45) is 0 Å².